The summed E-state index contributed by atoms with van der Waals surface area (Å²) in [6, 6.07) is 23.4. The van der Waals surface area contributed by atoms with Crippen molar-refractivity contribution in [2.45, 2.75) is 33.6 Å². The molecule has 0 N–H and O–H groups in total. The van der Waals surface area contributed by atoms with Gasteiger partial charge in [0.05, 0.1) is 25.3 Å². The first-order chi connectivity index (χ1) is 21.9. The number of fused-ring (bicyclic) bond motifs is 1. The van der Waals surface area contributed by atoms with Crippen LogP contribution in [0.3, 0.4) is 0 Å². The van der Waals surface area contributed by atoms with Gasteiger partial charge >= 0.3 is 0 Å². The molecular weight excluding hydrogens is 566 g/mol. The first-order valence-corrected chi connectivity index (χ1v) is 16.4. The van der Waals surface area contributed by atoms with Crippen LogP contribution in [0.25, 0.3) is 11.1 Å². The lowest BCUT2D eigenvalue weighted by molar-refractivity contribution is -0.127. The summed E-state index contributed by atoms with van der Waals surface area (Å²) in [5, 5.41) is 0. The Labute approximate surface area is 267 Å². The standard InChI is InChI=1S/C28H28N2O4.C9H19NO/c1-20(31)29-14-13-21(18-29)19-34-25-10-8-24(9-11-25)30-15-16-33-27-17-23(7-12-26(27)28(30)32)22-5-3-2-4-6-22;1-3-10-6-5-9(7-10)8-11-4-2/h2-12,17,21H,13-16,18-19H2,1H3;9H,3-8H2,1-2H3. The van der Waals surface area contributed by atoms with Crippen molar-refractivity contribution < 1.29 is 23.8 Å². The number of anilines is 1. The number of nitrogens with zero attached hydrogens (tertiary/aromatic N) is 3. The van der Waals surface area contributed by atoms with Gasteiger partial charge in [0.25, 0.3) is 5.91 Å². The Morgan fingerprint density at radius 3 is 2.31 bits per heavy atom. The monoisotopic (exact) mass is 613 g/mol. The zero-order chi connectivity index (χ0) is 31.6. The minimum Gasteiger partial charge on any atom is -0.493 e. The van der Waals surface area contributed by atoms with Crippen molar-refractivity contribution in [1.82, 2.24) is 9.80 Å². The fourth-order valence-electron chi connectivity index (χ4n) is 6.18. The van der Waals surface area contributed by atoms with E-state index in [1.807, 2.05) is 77.7 Å². The normalized spacial score (nSPS) is 19.8. The largest absolute Gasteiger partial charge is 0.493 e. The molecule has 3 aliphatic rings. The minimum absolute atomic E-state index is 0.0731. The van der Waals surface area contributed by atoms with Crippen LogP contribution < -0.4 is 14.4 Å². The predicted octanol–water partition coefficient (Wildman–Crippen LogP) is 6.00. The molecule has 0 aliphatic carbocycles. The molecule has 0 saturated carbocycles. The van der Waals surface area contributed by atoms with Crippen molar-refractivity contribution in [2.75, 3.05) is 70.6 Å². The van der Waals surface area contributed by atoms with E-state index in [0.29, 0.717) is 37.0 Å². The van der Waals surface area contributed by atoms with Crippen molar-refractivity contribution in [1.29, 1.82) is 0 Å². The molecule has 3 aliphatic heterocycles. The topological polar surface area (TPSA) is 71.5 Å². The van der Waals surface area contributed by atoms with Gasteiger partial charge in [-0.25, -0.2) is 0 Å². The Kier molecular flexibility index (Phi) is 11.5. The Hall–Kier alpha value is -3.88. The number of hydrogen-bond donors (Lipinski definition) is 0. The highest BCUT2D eigenvalue weighted by Crippen LogP contribution is 2.32. The Bertz CT molecular complexity index is 1400. The molecule has 240 valence electrons. The molecule has 45 heavy (non-hydrogen) atoms. The minimum atomic E-state index is -0.0731. The van der Waals surface area contributed by atoms with Crippen molar-refractivity contribution in [2.24, 2.45) is 11.8 Å². The van der Waals surface area contributed by atoms with Crippen molar-refractivity contribution >= 4 is 17.5 Å². The van der Waals surface area contributed by atoms with E-state index in [4.69, 9.17) is 14.2 Å². The SMILES string of the molecule is CC(=O)N1CCC(COc2ccc(N3CCOc4cc(-c5ccccc5)ccc4C3=O)cc2)C1.CCOCC1CCN(CC)C1. The summed E-state index contributed by atoms with van der Waals surface area (Å²) in [6.07, 6.45) is 2.29. The first-order valence-electron chi connectivity index (χ1n) is 16.4. The van der Waals surface area contributed by atoms with Gasteiger partial charge < -0.3 is 28.9 Å². The maximum atomic E-state index is 13.3. The predicted molar refractivity (Wildman–Crippen MR) is 178 cm³/mol. The number of benzene rings is 3. The molecule has 0 spiro atoms. The van der Waals surface area contributed by atoms with Gasteiger partial charge in [-0.15, -0.1) is 0 Å². The van der Waals surface area contributed by atoms with Crippen molar-refractivity contribution in [3.63, 3.8) is 0 Å². The third kappa shape index (κ3) is 8.65. The third-order valence-corrected chi connectivity index (χ3v) is 8.88. The summed E-state index contributed by atoms with van der Waals surface area (Å²) in [5.41, 5.74) is 3.48. The number of hydrogen-bond acceptors (Lipinski definition) is 6. The molecule has 6 rings (SSSR count). The van der Waals surface area contributed by atoms with Crippen LogP contribution in [-0.4, -0.2) is 87.3 Å². The molecule has 2 fully saturated rings. The number of amides is 2. The van der Waals surface area contributed by atoms with Crippen LogP contribution >= 0.6 is 0 Å². The second-order valence-corrected chi connectivity index (χ2v) is 12.0. The molecule has 0 aromatic heterocycles. The summed E-state index contributed by atoms with van der Waals surface area (Å²) in [5.74, 6) is 2.58. The van der Waals surface area contributed by atoms with E-state index in [1.54, 1.807) is 11.8 Å². The summed E-state index contributed by atoms with van der Waals surface area (Å²) in [7, 11) is 0. The lowest BCUT2D eigenvalue weighted by atomic mass is 10.0. The molecule has 8 nitrogen and oxygen atoms in total. The zero-order valence-corrected chi connectivity index (χ0v) is 27.0. The van der Waals surface area contributed by atoms with E-state index in [-0.39, 0.29) is 11.8 Å². The van der Waals surface area contributed by atoms with E-state index >= 15 is 0 Å². The van der Waals surface area contributed by atoms with Crippen LogP contribution in [0, 0.1) is 11.8 Å². The second kappa shape index (κ2) is 15.9. The van der Waals surface area contributed by atoms with E-state index < -0.39 is 0 Å². The lowest BCUT2D eigenvalue weighted by Crippen LogP contribution is -2.32. The number of likely N-dealkylation sites (tertiary alicyclic amines) is 2. The Morgan fingerprint density at radius 1 is 0.867 bits per heavy atom. The quantitative estimate of drug-likeness (QED) is 0.295. The van der Waals surface area contributed by atoms with E-state index in [1.165, 1.54) is 26.1 Å². The Morgan fingerprint density at radius 2 is 1.62 bits per heavy atom. The van der Waals surface area contributed by atoms with Crippen molar-refractivity contribution in [3.8, 4) is 22.6 Å². The van der Waals surface area contributed by atoms with Gasteiger partial charge in [-0.1, -0.05) is 43.3 Å². The molecule has 2 saturated heterocycles. The molecule has 0 radical (unpaired) electrons. The van der Waals surface area contributed by atoms with Crippen LogP contribution in [0.5, 0.6) is 11.5 Å². The van der Waals surface area contributed by atoms with Crippen molar-refractivity contribution in [3.05, 3.63) is 78.4 Å². The fourth-order valence-corrected chi connectivity index (χ4v) is 6.18. The van der Waals surface area contributed by atoms with Gasteiger partial charge in [0, 0.05) is 44.8 Å². The van der Waals surface area contributed by atoms with Crippen LogP contribution in [0.15, 0.2) is 72.8 Å². The molecular formula is C37H47N3O5. The Balaban J connectivity index is 0.000000309. The average molecular weight is 614 g/mol. The highest BCUT2D eigenvalue weighted by molar-refractivity contribution is 6.08. The molecule has 3 aromatic rings. The summed E-state index contributed by atoms with van der Waals surface area (Å²) >= 11 is 0. The van der Waals surface area contributed by atoms with Gasteiger partial charge in [-0.2, -0.15) is 0 Å². The maximum Gasteiger partial charge on any atom is 0.262 e. The summed E-state index contributed by atoms with van der Waals surface area (Å²) in [4.78, 5) is 31.0. The highest BCUT2D eigenvalue weighted by Gasteiger charge is 2.26. The van der Waals surface area contributed by atoms with E-state index in [2.05, 4.69) is 18.7 Å². The zero-order valence-electron chi connectivity index (χ0n) is 27.0. The molecule has 2 amide bonds. The molecule has 8 heteroatoms. The van der Waals surface area contributed by atoms with E-state index in [0.717, 1.165) is 61.2 Å². The van der Waals surface area contributed by atoms with Gasteiger partial charge in [0.1, 0.15) is 18.1 Å². The number of ether oxygens (including phenoxy) is 3. The molecule has 0 bridgehead atoms. The third-order valence-electron chi connectivity index (χ3n) is 8.88. The molecule has 2 unspecified atom stereocenters. The van der Waals surface area contributed by atoms with Gasteiger partial charge in [-0.05, 0) is 86.3 Å². The van der Waals surface area contributed by atoms with Gasteiger partial charge in [0.2, 0.25) is 5.91 Å². The van der Waals surface area contributed by atoms with Crippen LogP contribution in [0.2, 0.25) is 0 Å². The molecule has 2 atom stereocenters. The van der Waals surface area contributed by atoms with Gasteiger partial charge in [-0.3, -0.25) is 9.59 Å². The van der Waals surface area contributed by atoms with Crippen LogP contribution in [-0.2, 0) is 9.53 Å². The first kappa shape index (κ1) is 32.5. The van der Waals surface area contributed by atoms with E-state index in [9.17, 15) is 9.59 Å². The highest BCUT2D eigenvalue weighted by atomic mass is 16.5. The van der Waals surface area contributed by atoms with Gasteiger partial charge in [0.15, 0.2) is 0 Å². The molecule has 3 aromatic carbocycles. The fraction of sp³-hybridized carbons (Fsp3) is 0.459. The second-order valence-electron chi connectivity index (χ2n) is 12.0. The maximum absolute atomic E-state index is 13.3. The lowest BCUT2D eigenvalue weighted by Gasteiger charge is -2.20. The van der Waals surface area contributed by atoms with Crippen LogP contribution in [0.1, 0.15) is 44.0 Å². The summed E-state index contributed by atoms with van der Waals surface area (Å²) in [6.45, 7) is 14.5. The average Bonchev–Trinajstić information content (AvgIpc) is 3.72. The number of carbonyl (C=O) groups excluding carboxylic acids is 2. The summed E-state index contributed by atoms with van der Waals surface area (Å²) < 4.78 is 17.3. The van der Waals surface area contributed by atoms with Crippen LogP contribution in [0.4, 0.5) is 5.69 Å². The molecule has 3 heterocycles. The smallest absolute Gasteiger partial charge is 0.262 e. The number of rotatable bonds is 9. The number of carbonyl (C=O) groups is 2.